The molecular weight excluding hydrogens is 263 g/mol. The van der Waals surface area contributed by atoms with Crippen LogP contribution in [0.15, 0.2) is 17.5 Å². The predicted molar refractivity (Wildman–Crippen MR) is 81.1 cm³/mol. The standard InChI is InChI=1S/C13H27N2O3P/c1-8-13(9-16)18-19(17-12(6)14-7)15(10(2)3)11(4)5/h10-11,13,16H,6-9H2,1-5H3. The van der Waals surface area contributed by atoms with Crippen LogP contribution in [0.1, 0.15) is 41.0 Å². The van der Waals surface area contributed by atoms with Gasteiger partial charge in [0.15, 0.2) is 0 Å². The monoisotopic (exact) mass is 290 g/mol. The van der Waals surface area contributed by atoms with E-state index in [1.54, 1.807) is 0 Å². The maximum absolute atomic E-state index is 9.28. The van der Waals surface area contributed by atoms with Gasteiger partial charge in [-0.05, 0) is 47.4 Å². The second-order valence-corrected chi connectivity index (χ2v) is 6.10. The minimum atomic E-state index is -1.36. The first kappa shape index (κ1) is 18.5. The maximum atomic E-state index is 9.28. The summed E-state index contributed by atoms with van der Waals surface area (Å²) in [6, 6.07) is 0.500. The molecule has 2 atom stereocenters. The van der Waals surface area contributed by atoms with Crippen LogP contribution in [0.3, 0.4) is 0 Å². The Morgan fingerprint density at radius 3 is 2.16 bits per heavy atom. The van der Waals surface area contributed by atoms with Gasteiger partial charge >= 0.3 is 8.53 Å². The van der Waals surface area contributed by atoms with Crippen LogP contribution in [-0.2, 0) is 9.05 Å². The fraction of sp³-hybridized carbons (Fsp3) is 0.769. The Bertz CT molecular complexity index is 273. The Labute approximate surface area is 118 Å². The second kappa shape index (κ2) is 9.43. The van der Waals surface area contributed by atoms with E-state index in [2.05, 4.69) is 50.7 Å². The van der Waals surface area contributed by atoms with E-state index < -0.39 is 8.53 Å². The van der Waals surface area contributed by atoms with E-state index in [0.29, 0.717) is 0 Å². The molecular formula is C13H27N2O3P. The Morgan fingerprint density at radius 2 is 1.84 bits per heavy atom. The highest BCUT2D eigenvalue weighted by molar-refractivity contribution is 7.44. The molecule has 0 saturated heterocycles. The summed E-state index contributed by atoms with van der Waals surface area (Å²) in [5.74, 6) is 0.241. The first-order valence-electron chi connectivity index (χ1n) is 6.56. The first-order chi connectivity index (χ1) is 8.87. The molecule has 2 unspecified atom stereocenters. The molecule has 0 rings (SSSR count). The topological polar surface area (TPSA) is 54.3 Å². The lowest BCUT2D eigenvalue weighted by Crippen LogP contribution is -2.34. The van der Waals surface area contributed by atoms with E-state index in [1.165, 1.54) is 0 Å². The molecule has 1 N–H and O–H groups in total. The molecule has 0 radical (unpaired) electrons. The summed E-state index contributed by atoms with van der Waals surface area (Å²) < 4.78 is 13.6. The van der Waals surface area contributed by atoms with Gasteiger partial charge in [-0.3, -0.25) is 0 Å². The van der Waals surface area contributed by atoms with Gasteiger partial charge in [0, 0.05) is 12.1 Å². The SMILES string of the molecule is C=NC(=C)OP(OC(CC)CO)N(C(C)C)C(C)C. The average Bonchev–Trinajstić information content (AvgIpc) is 2.34. The first-order valence-corrected chi connectivity index (χ1v) is 7.69. The predicted octanol–water partition coefficient (Wildman–Crippen LogP) is 3.31. The average molecular weight is 290 g/mol. The Hall–Kier alpha value is -0.480. The van der Waals surface area contributed by atoms with Crippen LogP contribution in [0, 0.1) is 0 Å². The third-order valence-electron chi connectivity index (χ3n) is 2.50. The quantitative estimate of drug-likeness (QED) is 0.381. The van der Waals surface area contributed by atoms with E-state index in [-0.39, 0.29) is 30.7 Å². The number of aliphatic hydroxyl groups is 1. The largest absolute Gasteiger partial charge is 0.418 e. The van der Waals surface area contributed by atoms with Gasteiger partial charge in [0.05, 0.1) is 12.7 Å². The summed E-state index contributed by atoms with van der Waals surface area (Å²) in [4.78, 5) is 3.67. The molecule has 0 heterocycles. The molecule has 0 aliphatic carbocycles. The van der Waals surface area contributed by atoms with Crippen molar-refractivity contribution in [3.63, 3.8) is 0 Å². The Kier molecular flexibility index (Phi) is 9.19. The summed E-state index contributed by atoms with van der Waals surface area (Å²) in [6.45, 7) is 17.3. The van der Waals surface area contributed by atoms with Crippen LogP contribution in [0.2, 0.25) is 0 Å². The van der Waals surface area contributed by atoms with Crippen LogP contribution < -0.4 is 0 Å². The third kappa shape index (κ3) is 6.48. The lowest BCUT2D eigenvalue weighted by molar-refractivity contribution is 0.0900. The van der Waals surface area contributed by atoms with Gasteiger partial charge in [-0.1, -0.05) is 6.92 Å². The van der Waals surface area contributed by atoms with Crippen molar-refractivity contribution < 1.29 is 14.2 Å². The zero-order valence-electron chi connectivity index (χ0n) is 12.7. The summed E-state index contributed by atoms with van der Waals surface area (Å²) in [6.07, 6.45) is 0.472. The summed E-state index contributed by atoms with van der Waals surface area (Å²) in [5, 5.41) is 9.28. The van der Waals surface area contributed by atoms with E-state index >= 15 is 0 Å². The molecule has 0 aromatic rings. The molecule has 0 fully saturated rings. The molecule has 0 aromatic heterocycles. The van der Waals surface area contributed by atoms with Crippen molar-refractivity contribution in [3.05, 3.63) is 12.5 Å². The van der Waals surface area contributed by atoms with E-state index in [9.17, 15) is 5.11 Å². The van der Waals surface area contributed by atoms with Crippen LogP contribution in [0.5, 0.6) is 0 Å². The van der Waals surface area contributed by atoms with Crippen molar-refractivity contribution in [1.29, 1.82) is 0 Å². The van der Waals surface area contributed by atoms with Gasteiger partial charge in [-0.2, -0.15) is 0 Å². The van der Waals surface area contributed by atoms with Crippen molar-refractivity contribution in [2.45, 2.75) is 59.2 Å². The van der Waals surface area contributed by atoms with Gasteiger partial charge in [0.2, 0.25) is 5.88 Å². The normalized spacial score (nSPS) is 14.8. The van der Waals surface area contributed by atoms with Crippen LogP contribution in [-0.4, -0.2) is 41.3 Å². The van der Waals surface area contributed by atoms with E-state index in [0.717, 1.165) is 6.42 Å². The molecule has 112 valence electrons. The van der Waals surface area contributed by atoms with Gasteiger partial charge in [0.25, 0.3) is 0 Å². The lowest BCUT2D eigenvalue weighted by atomic mass is 10.3. The summed E-state index contributed by atoms with van der Waals surface area (Å²) in [5.41, 5.74) is 0. The molecule has 0 bridgehead atoms. The number of aliphatic hydroxyl groups excluding tert-OH is 1. The molecule has 0 spiro atoms. The minimum Gasteiger partial charge on any atom is -0.418 e. The lowest BCUT2D eigenvalue weighted by Gasteiger charge is -2.36. The van der Waals surface area contributed by atoms with Crippen LogP contribution in [0.4, 0.5) is 0 Å². The summed E-state index contributed by atoms with van der Waals surface area (Å²) >= 11 is 0. The zero-order valence-corrected chi connectivity index (χ0v) is 13.6. The van der Waals surface area contributed by atoms with Crippen molar-refractivity contribution in [2.24, 2.45) is 4.99 Å². The van der Waals surface area contributed by atoms with Gasteiger partial charge in [-0.15, -0.1) is 0 Å². The molecule has 0 saturated carbocycles. The molecule has 0 aliphatic heterocycles. The van der Waals surface area contributed by atoms with Gasteiger partial charge in [-0.25, -0.2) is 9.66 Å². The van der Waals surface area contributed by atoms with Crippen LogP contribution in [0.25, 0.3) is 0 Å². The number of hydrogen-bond donors (Lipinski definition) is 1. The number of rotatable bonds is 10. The molecule has 0 aliphatic rings. The van der Waals surface area contributed by atoms with Crippen molar-refractivity contribution >= 4 is 15.2 Å². The van der Waals surface area contributed by atoms with Gasteiger partial charge in [0.1, 0.15) is 0 Å². The maximum Gasteiger partial charge on any atom is 0.323 e. The molecule has 0 aromatic carbocycles. The number of nitrogens with zero attached hydrogens (tertiary/aromatic N) is 2. The van der Waals surface area contributed by atoms with E-state index in [4.69, 9.17) is 9.05 Å². The minimum absolute atomic E-state index is 0.0310. The van der Waals surface area contributed by atoms with Crippen molar-refractivity contribution in [3.8, 4) is 0 Å². The molecule has 6 heteroatoms. The van der Waals surface area contributed by atoms with Gasteiger partial charge < -0.3 is 14.2 Å². The molecule has 19 heavy (non-hydrogen) atoms. The highest BCUT2D eigenvalue weighted by atomic mass is 31.2. The van der Waals surface area contributed by atoms with Crippen LogP contribution >= 0.6 is 8.53 Å². The zero-order chi connectivity index (χ0) is 15.0. The Morgan fingerprint density at radius 1 is 1.32 bits per heavy atom. The van der Waals surface area contributed by atoms with Crippen molar-refractivity contribution in [1.82, 2.24) is 4.67 Å². The third-order valence-corrected chi connectivity index (χ3v) is 4.65. The Balaban J connectivity index is 5.00. The smallest absolute Gasteiger partial charge is 0.323 e. The fourth-order valence-corrected chi connectivity index (χ4v) is 3.29. The fourth-order valence-electron chi connectivity index (χ4n) is 1.58. The summed E-state index contributed by atoms with van der Waals surface area (Å²) in [7, 11) is -1.36. The molecule has 5 nitrogen and oxygen atoms in total. The molecule has 0 amide bonds. The van der Waals surface area contributed by atoms with E-state index in [1.807, 2.05) is 6.92 Å². The van der Waals surface area contributed by atoms with Crippen molar-refractivity contribution in [2.75, 3.05) is 6.61 Å². The highest BCUT2D eigenvalue weighted by Gasteiger charge is 2.30. The second-order valence-electron chi connectivity index (χ2n) is 4.77. The number of aliphatic imine (C=N–C) groups is 1. The number of hydrogen-bond acceptors (Lipinski definition) is 5. The highest BCUT2D eigenvalue weighted by Crippen LogP contribution is 2.48.